The van der Waals surface area contributed by atoms with Crippen LogP contribution >= 0.6 is 11.8 Å². The third kappa shape index (κ3) is 4.85. The van der Waals surface area contributed by atoms with Crippen molar-refractivity contribution in [3.05, 3.63) is 53.8 Å². The first kappa shape index (κ1) is 18.5. The molecule has 2 aromatic carbocycles. The second kappa shape index (κ2) is 8.36. The molecule has 0 spiro atoms. The quantitative estimate of drug-likeness (QED) is 0.806. The number of halogens is 1. The van der Waals surface area contributed by atoms with Crippen LogP contribution in [0.3, 0.4) is 0 Å². The summed E-state index contributed by atoms with van der Waals surface area (Å²) in [7, 11) is 0. The average molecular weight is 372 g/mol. The Balaban J connectivity index is 1.81. The summed E-state index contributed by atoms with van der Waals surface area (Å²) in [5.74, 6) is -0.628. The van der Waals surface area contributed by atoms with Gasteiger partial charge in [-0.1, -0.05) is 24.6 Å². The van der Waals surface area contributed by atoms with E-state index in [0.717, 1.165) is 35.5 Å². The molecule has 1 aliphatic rings. The number of hydrogen-bond acceptors (Lipinski definition) is 3. The van der Waals surface area contributed by atoms with Crippen LogP contribution in [0.25, 0.3) is 0 Å². The topological polar surface area (TPSA) is 58.2 Å². The van der Waals surface area contributed by atoms with E-state index in [0.29, 0.717) is 11.3 Å². The lowest BCUT2D eigenvalue weighted by molar-refractivity contribution is -0.114. The second-order valence-electron chi connectivity index (χ2n) is 6.40. The summed E-state index contributed by atoms with van der Waals surface area (Å²) < 4.78 is 13.1. The van der Waals surface area contributed by atoms with E-state index in [1.807, 2.05) is 6.07 Å². The molecule has 0 heterocycles. The summed E-state index contributed by atoms with van der Waals surface area (Å²) in [5.41, 5.74) is 1.09. The predicted octanol–water partition coefficient (Wildman–Crippen LogP) is 4.61. The molecule has 4 nitrogen and oxygen atoms in total. The molecule has 0 unspecified atom stereocenters. The highest BCUT2D eigenvalue weighted by Gasteiger charge is 2.19. The number of carbonyl (C=O) groups excluding carboxylic acids is 2. The Morgan fingerprint density at radius 1 is 1.08 bits per heavy atom. The minimum Gasteiger partial charge on any atom is -0.349 e. The molecule has 0 aromatic heterocycles. The molecule has 1 fully saturated rings. The van der Waals surface area contributed by atoms with E-state index in [-0.39, 0.29) is 23.7 Å². The van der Waals surface area contributed by atoms with Crippen LogP contribution < -0.4 is 10.6 Å². The molecular weight excluding hydrogens is 351 g/mol. The zero-order valence-corrected chi connectivity index (χ0v) is 15.4. The average Bonchev–Trinajstić information content (AvgIpc) is 3.11. The number of nitrogens with one attached hydrogen (secondary N) is 2. The van der Waals surface area contributed by atoms with Gasteiger partial charge in [-0.25, -0.2) is 4.39 Å². The summed E-state index contributed by atoms with van der Waals surface area (Å²) >= 11 is 1.41. The number of hydrogen-bond donors (Lipinski definition) is 2. The third-order valence-electron chi connectivity index (χ3n) is 4.28. The van der Waals surface area contributed by atoms with Gasteiger partial charge in [-0.05, 0) is 55.3 Å². The maximum atomic E-state index is 13.1. The number of anilines is 1. The zero-order valence-electron chi connectivity index (χ0n) is 14.5. The van der Waals surface area contributed by atoms with Gasteiger partial charge in [0, 0.05) is 28.3 Å². The van der Waals surface area contributed by atoms with E-state index >= 15 is 0 Å². The van der Waals surface area contributed by atoms with Gasteiger partial charge >= 0.3 is 0 Å². The number of rotatable bonds is 5. The van der Waals surface area contributed by atoms with Crippen molar-refractivity contribution in [1.82, 2.24) is 5.32 Å². The number of carbonyl (C=O) groups is 2. The fraction of sp³-hybridized carbons (Fsp3) is 0.300. The minimum atomic E-state index is -0.296. The molecule has 3 rings (SSSR count). The van der Waals surface area contributed by atoms with Crippen molar-refractivity contribution in [3.63, 3.8) is 0 Å². The lowest BCUT2D eigenvalue weighted by Crippen LogP contribution is -2.32. The summed E-state index contributed by atoms with van der Waals surface area (Å²) in [5, 5.41) is 5.83. The van der Waals surface area contributed by atoms with E-state index in [4.69, 9.17) is 0 Å². The van der Waals surface area contributed by atoms with Gasteiger partial charge in [-0.2, -0.15) is 0 Å². The number of benzene rings is 2. The van der Waals surface area contributed by atoms with Crippen molar-refractivity contribution in [2.75, 3.05) is 5.32 Å². The molecule has 26 heavy (non-hydrogen) atoms. The maximum Gasteiger partial charge on any atom is 0.251 e. The first-order valence-electron chi connectivity index (χ1n) is 8.67. The standard InChI is InChI=1S/C20H21FN2O2S/c1-13(24)22-18-12-14(20(25)23-16-4-2-3-5-16)6-11-19(18)26-17-9-7-15(21)8-10-17/h6-12,16H,2-5H2,1H3,(H,22,24)(H,23,25). The van der Waals surface area contributed by atoms with E-state index in [1.54, 1.807) is 24.3 Å². The van der Waals surface area contributed by atoms with Gasteiger partial charge < -0.3 is 10.6 Å². The molecule has 0 aliphatic heterocycles. The molecule has 0 saturated heterocycles. The summed E-state index contributed by atoms with van der Waals surface area (Å²) in [6.45, 7) is 1.43. The summed E-state index contributed by atoms with van der Waals surface area (Å²) in [6.07, 6.45) is 4.33. The lowest BCUT2D eigenvalue weighted by Gasteiger charge is -2.14. The summed E-state index contributed by atoms with van der Waals surface area (Å²) in [6, 6.07) is 11.6. The van der Waals surface area contributed by atoms with E-state index in [1.165, 1.54) is 30.8 Å². The first-order valence-corrected chi connectivity index (χ1v) is 9.49. The molecule has 0 atom stereocenters. The fourth-order valence-corrected chi connectivity index (χ4v) is 3.90. The Kier molecular flexibility index (Phi) is 5.93. The van der Waals surface area contributed by atoms with Crippen LogP contribution in [-0.2, 0) is 4.79 Å². The molecule has 1 saturated carbocycles. The largest absolute Gasteiger partial charge is 0.349 e. The van der Waals surface area contributed by atoms with Gasteiger partial charge in [0.1, 0.15) is 5.82 Å². The molecule has 0 radical (unpaired) electrons. The molecule has 2 aromatic rings. The first-order chi connectivity index (χ1) is 12.5. The highest BCUT2D eigenvalue weighted by atomic mass is 32.2. The predicted molar refractivity (Wildman–Crippen MR) is 101 cm³/mol. The maximum absolute atomic E-state index is 13.1. The van der Waals surface area contributed by atoms with E-state index in [9.17, 15) is 14.0 Å². The van der Waals surface area contributed by atoms with Crippen LogP contribution in [0.2, 0.25) is 0 Å². The van der Waals surface area contributed by atoms with Crippen LogP contribution in [0.1, 0.15) is 43.0 Å². The van der Waals surface area contributed by atoms with Crippen LogP contribution in [0.5, 0.6) is 0 Å². The fourth-order valence-electron chi connectivity index (χ4n) is 3.02. The van der Waals surface area contributed by atoms with Crippen molar-refractivity contribution in [1.29, 1.82) is 0 Å². The lowest BCUT2D eigenvalue weighted by atomic mass is 10.1. The third-order valence-corrected chi connectivity index (χ3v) is 5.37. The minimum absolute atomic E-state index is 0.123. The molecule has 1 aliphatic carbocycles. The normalized spacial score (nSPS) is 14.2. The van der Waals surface area contributed by atoms with Crippen molar-refractivity contribution >= 4 is 29.3 Å². The Morgan fingerprint density at radius 2 is 1.77 bits per heavy atom. The molecule has 136 valence electrons. The van der Waals surface area contributed by atoms with Crippen molar-refractivity contribution in [3.8, 4) is 0 Å². The Bertz CT molecular complexity index is 802. The van der Waals surface area contributed by atoms with Crippen LogP contribution in [-0.4, -0.2) is 17.9 Å². The van der Waals surface area contributed by atoms with Crippen LogP contribution in [0, 0.1) is 5.82 Å². The van der Waals surface area contributed by atoms with E-state index < -0.39 is 0 Å². The van der Waals surface area contributed by atoms with Gasteiger partial charge in [-0.3, -0.25) is 9.59 Å². The summed E-state index contributed by atoms with van der Waals surface area (Å²) in [4.78, 5) is 25.7. The van der Waals surface area contributed by atoms with Crippen LogP contribution in [0.4, 0.5) is 10.1 Å². The highest BCUT2D eigenvalue weighted by Crippen LogP contribution is 2.34. The second-order valence-corrected chi connectivity index (χ2v) is 7.52. The molecule has 2 N–H and O–H groups in total. The van der Waals surface area contributed by atoms with Crippen molar-refractivity contribution in [2.24, 2.45) is 0 Å². The monoisotopic (exact) mass is 372 g/mol. The van der Waals surface area contributed by atoms with E-state index in [2.05, 4.69) is 10.6 Å². The molecular formula is C20H21FN2O2S. The van der Waals surface area contributed by atoms with Gasteiger partial charge in [0.05, 0.1) is 5.69 Å². The van der Waals surface area contributed by atoms with Crippen molar-refractivity contribution in [2.45, 2.75) is 48.4 Å². The van der Waals surface area contributed by atoms with Crippen molar-refractivity contribution < 1.29 is 14.0 Å². The smallest absolute Gasteiger partial charge is 0.251 e. The van der Waals surface area contributed by atoms with Gasteiger partial charge in [0.15, 0.2) is 0 Å². The van der Waals surface area contributed by atoms with Gasteiger partial charge in [0.25, 0.3) is 5.91 Å². The Labute approximate surface area is 156 Å². The van der Waals surface area contributed by atoms with Gasteiger partial charge in [-0.15, -0.1) is 0 Å². The Hall–Kier alpha value is -2.34. The highest BCUT2D eigenvalue weighted by molar-refractivity contribution is 7.99. The SMILES string of the molecule is CC(=O)Nc1cc(C(=O)NC2CCCC2)ccc1Sc1ccc(F)cc1. The van der Waals surface area contributed by atoms with Crippen LogP contribution in [0.15, 0.2) is 52.3 Å². The van der Waals surface area contributed by atoms with Gasteiger partial charge in [0.2, 0.25) is 5.91 Å². The zero-order chi connectivity index (χ0) is 18.5. The molecule has 2 amide bonds. The Morgan fingerprint density at radius 3 is 2.42 bits per heavy atom. The molecule has 0 bridgehead atoms. The molecule has 6 heteroatoms. The number of amides is 2.